The second-order valence-electron chi connectivity index (χ2n) is 9.07. The zero-order chi connectivity index (χ0) is 22.3. The van der Waals surface area contributed by atoms with Gasteiger partial charge in [0.15, 0.2) is 0 Å². The number of carbonyl (C=O) groups is 2. The van der Waals surface area contributed by atoms with Crippen LogP contribution in [0.3, 0.4) is 0 Å². The Hall–Kier alpha value is -2.87. The topological polar surface area (TPSA) is 122 Å². The Morgan fingerprint density at radius 3 is 2.61 bits per heavy atom. The Balaban J connectivity index is 1.74. The Morgan fingerprint density at radius 2 is 2.00 bits per heavy atom. The molecule has 166 valence electrons. The number of aromatic nitrogens is 1. The number of hydrogen-bond acceptors (Lipinski definition) is 6. The second-order valence-corrected chi connectivity index (χ2v) is 9.07. The number of anilines is 2. The van der Waals surface area contributed by atoms with Gasteiger partial charge in [-0.25, -0.2) is 0 Å². The molecule has 8 heteroatoms. The van der Waals surface area contributed by atoms with Crippen molar-refractivity contribution in [1.82, 2.24) is 5.16 Å². The third-order valence-electron chi connectivity index (χ3n) is 6.54. The molecule has 0 spiro atoms. The van der Waals surface area contributed by atoms with Gasteiger partial charge in [-0.15, -0.1) is 0 Å². The van der Waals surface area contributed by atoms with Crippen LogP contribution in [-0.2, 0) is 9.59 Å². The summed E-state index contributed by atoms with van der Waals surface area (Å²) in [6, 6.07) is 5.32. The molecule has 1 atom stereocenters. The summed E-state index contributed by atoms with van der Waals surface area (Å²) >= 11 is 0. The number of rotatable bonds is 5. The number of primary amides is 1. The van der Waals surface area contributed by atoms with E-state index in [1.165, 1.54) is 4.90 Å². The van der Waals surface area contributed by atoms with Gasteiger partial charge in [-0.1, -0.05) is 11.2 Å². The minimum absolute atomic E-state index is 0.116. The average molecular weight is 427 g/mol. The summed E-state index contributed by atoms with van der Waals surface area (Å²) in [6.45, 7) is 5.59. The summed E-state index contributed by atoms with van der Waals surface area (Å²) in [5.41, 5.74) is 8.93. The smallest absolute Gasteiger partial charge is 0.240 e. The highest BCUT2D eigenvalue weighted by atomic mass is 16.5. The van der Waals surface area contributed by atoms with Crippen molar-refractivity contribution < 1.29 is 19.2 Å². The van der Waals surface area contributed by atoms with E-state index < -0.39 is 17.6 Å². The van der Waals surface area contributed by atoms with E-state index in [1.807, 2.05) is 39.0 Å². The number of nitrogens with zero attached hydrogens (tertiary/aromatic N) is 2. The molecule has 4 rings (SSSR count). The minimum Gasteiger partial charge on any atom is -0.390 e. The van der Waals surface area contributed by atoms with Crippen molar-refractivity contribution in [2.75, 3.05) is 10.2 Å². The largest absolute Gasteiger partial charge is 0.390 e. The molecule has 1 saturated heterocycles. The normalized spacial score (nSPS) is 26.3. The van der Waals surface area contributed by atoms with Crippen LogP contribution >= 0.6 is 0 Å². The zero-order valence-electron chi connectivity index (χ0n) is 18.3. The first-order valence-electron chi connectivity index (χ1n) is 10.8. The van der Waals surface area contributed by atoms with Gasteiger partial charge in [0.25, 0.3) is 0 Å². The second kappa shape index (κ2) is 8.00. The van der Waals surface area contributed by atoms with E-state index in [4.69, 9.17) is 10.3 Å². The van der Waals surface area contributed by atoms with E-state index in [0.29, 0.717) is 30.7 Å². The highest BCUT2D eigenvalue weighted by Crippen LogP contribution is 2.39. The van der Waals surface area contributed by atoms with Crippen LogP contribution in [-0.4, -0.2) is 39.8 Å². The number of hydrogen-bond donors (Lipinski definition) is 3. The van der Waals surface area contributed by atoms with Gasteiger partial charge in [-0.2, -0.15) is 0 Å². The fraction of sp³-hybridized carbons (Fsp3) is 0.522. The van der Waals surface area contributed by atoms with Crippen LogP contribution in [0.1, 0.15) is 56.9 Å². The van der Waals surface area contributed by atoms with Gasteiger partial charge < -0.3 is 20.7 Å². The molecular formula is C23H30N4O4. The lowest BCUT2D eigenvalue weighted by Gasteiger charge is -2.35. The SMILES string of the molecule is Cc1noc(C)c1-c1ccc(NC2CCC(C)(O)CC2)c(N2C(=O)CCC2C(N)=O)c1. The van der Waals surface area contributed by atoms with Gasteiger partial charge in [-0.05, 0) is 70.6 Å². The van der Waals surface area contributed by atoms with Gasteiger partial charge in [0.1, 0.15) is 11.8 Å². The Labute approximate surface area is 181 Å². The predicted octanol–water partition coefficient (Wildman–Crippen LogP) is 3.04. The standard InChI is InChI=1S/C23H30N4O4/c1-13-21(14(2)31-26-13)15-4-5-17(25-16-8-10-23(3,30)11-9-16)19(12-15)27-18(22(24)29)6-7-20(27)28/h4-5,12,16,18,25,30H,6-11H2,1-3H3,(H2,24,29). The lowest BCUT2D eigenvalue weighted by Crippen LogP contribution is -2.43. The van der Waals surface area contributed by atoms with E-state index in [2.05, 4.69) is 10.5 Å². The summed E-state index contributed by atoms with van der Waals surface area (Å²) in [4.78, 5) is 26.4. The van der Waals surface area contributed by atoms with Crippen molar-refractivity contribution in [1.29, 1.82) is 0 Å². The molecule has 1 aliphatic heterocycles. The Bertz CT molecular complexity index is 984. The van der Waals surface area contributed by atoms with Crippen LogP contribution < -0.4 is 16.0 Å². The fourth-order valence-corrected chi connectivity index (χ4v) is 4.76. The number of aliphatic hydroxyl groups is 1. The van der Waals surface area contributed by atoms with Crippen LogP contribution in [0, 0.1) is 13.8 Å². The molecule has 1 aromatic heterocycles. The maximum atomic E-state index is 12.8. The average Bonchev–Trinajstić information content (AvgIpc) is 3.26. The first-order chi connectivity index (χ1) is 14.7. The van der Waals surface area contributed by atoms with Crippen molar-refractivity contribution in [2.24, 2.45) is 5.73 Å². The Morgan fingerprint density at radius 1 is 1.29 bits per heavy atom. The number of nitrogens with two attached hydrogens (primary N) is 1. The maximum Gasteiger partial charge on any atom is 0.240 e. The molecule has 1 aliphatic carbocycles. The quantitative estimate of drug-likeness (QED) is 0.676. The van der Waals surface area contributed by atoms with Crippen LogP contribution in [0.15, 0.2) is 22.7 Å². The molecular weight excluding hydrogens is 396 g/mol. The number of amides is 2. The van der Waals surface area contributed by atoms with Gasteiger partial charge in [0.2, 0.25) is 11.8 Å². The van der Waals surface area contributed by atoms with Crippen molar-refractivity contribution in [3.8, 4) is 11.1 Å². The van der Waals surface area contributed by atoms with Crippen molar-refractivity contribution >= 4 is 23.2 Å². The molecule has 2 fully saturated rings. The lowest BCUT2D eigenvalue weighted by molar-refractivity contribution is -0.121. The molecule has 8 nitrogen and oxygen atoms in total. The van der Waals surface area contributed by atoms with E-state index in [9.17, 15) is 14.7 Å². The Kier molecular flexibility index (Phi) is 5.51. The van der Waals surface area contributed by atoms with Gasteiger partial charge in [-0.3, -0.25) is 14.5 Å². The lowest BCUT2D eigenvalue weighted by atomic mass is 9.83. The summed E-state index contributed by atoms with van der Waals surface area (Å²) in [5, 5.41) is 17.9. The molecule has 1 saturated carbocycles. The van der Waals surface area contributed by atoms with Gasteiger partial charge in [0.05, 0.1) is 22.7 Å². The molecule has 31 heavy (non-hydrogen) atoms. The van der Waals surface area contributed by atoms with Crippen LogP contribution in [0.25, 0.3) is 11.1 Å². The molecule has 0 bridgehead atoms. The predicted molar refractivity (Wildman–Crippen MR) is 118 cm³/mol. The number of benzene rings is 1. The molecule has 1 aromatic carbocycles. The third-order valence-corrected chi connectivity index (χ3v) is 6.54. The molecule has 4 N–H and O–H groups in total. The fourth-order valence-electron chi connectivity index (χ4n) is 4.76. The monoisotopic (exact) mass is 426 g/mol. The molecule has 2 aliphatic rings. The summed E-state index contributed by atoms with van der Waals surface area (Å²) in [6.07, 6.45) is 3.77. The van der Waals surface area contributed by atoms with Crippen molar-refractivity contribution in [2.45, 2.75) is 77.0 Å². The highest BCUT2D eigenvalue weighted by Gasteiger charge is 2.38. The number of aryl methyl sites for hydroxylation is 2. The van der Waals surface area contributed by atoms with Gasteiger partial charge in [0, 0.05) is 18.0 Å². The van der Waals surface area contributed by atoms with E-state index in [-0.39, 0.29) is 18.4 Å². The number of carbonyl (C=O) groups excluding carboxylic acids is 2. The maximum absolute atomic E-state index is 12.8. The van der Waals surface area contributed by atoms with E-state index >= 15 is 0 Å². The molecule has 2 aromatic rings. The van der Waals surface area contributed by atoms with Crippen LogP contribution in [0.5, 0.6) is 0 Å². The molecule has 2 amide bonds. The van der Waals surface area contributed by atoms with Crippen molar-refractivity contribution in [3.63, 3.8) is 0 Å². The molecule has 2 heterocycles. The summed E-state index contributed by atoms with van der Waals surface area (Å²) < 4.78 is 5.32. The highest BCUT2D eigenvalue weighted by molar-refractivity contribution is 6.06. The first-order valence-corrected chi connectivity index (χ1v) is 10.8. The van der Waals surface area contributed by atoms with Crippen LogP contribution in [0.4, 0.5) is 11.4 Å². The van der Waals surface area contributed by atoms with E-state index in [1.54, 1.807) is 0 Å². The summed E-state index contributed by atoms with van der Waals surface area (Å²) in [5.74, 6) is 0.0699. The van der Waals surface area contributed by atoms with Crippen molar-refractivity contribution in [3.05, 3.63) is 29.7 Å². The summed E-state index contributed by atoms with van der Waals surface area (Å²) in [7, 11) is 0. The molecule has 1 unspecified atom stereocenters. The molecule has 0 radical (unpaired) electrons. The first kappa shape index (κ1) is 21.4. The minimum atomic E-state index is -0.667. The van der Waals surface area contributed by atoms with E-state index in [0.717, 1.165) is 35.3 Å². The van der Waals surface area contributed by atoms with Gasteiger partial charge >= 0.3 is 0 Å². The number of nitrogens with one attached hydrogen (secondary N) is 1. The third kappa shape index (κ3) is 4.17. The zero-order valence-corrected chi connectivity index (χ0v) is 18.3. The van der Waals surface area contributed by atoms with Crippen LogP contribution in [0.2, 0.25) is 0 Å².